The van der Waals surface area contributed by atoms with Gasteiger partial charge in [-0.1, -0.05) is 6.07 Å². The molecule has 0 atom stereocenters. The van der Waals surface area contributed by atoms with Crippen LogP contribution in [0.1, 0.15) is 24.8 Å². The zero-order valence-electron chi connectivity index (χ0n) is 16.5. The molecule has 164 valence electrons. The van der Waals surface area contributed by atoms with E-state index in [2.05, 4.69) is 15.5 Å². The molecule has 2 N–H and O–H groups in total. The number of carbonyl (C=O) groups excluding carboxylic acids is 1. The average Bonchev–Trinajstić information content (AvgIpc) is 2.71. The summed E-state index contributed by atoms with van der Waals surface area (Å²) in [5.74, 6) is 0.299. The monoisotopic (exact) mass is 434 g/mol. The Kier molecular flexibility index (Phi) is 9.04. The average molecular weight is 435 g/mol. The third-order valence-corrected chi connectivity index (χ3v) is 5.57. The van der Waals surface area contributed by atoms with Crippen molar-refractivity contribution in [3.8, 4) is 0 Å². The largest absolute Gasteiger partial charge is 0.416 e. The molecule has 0 aliphatic carbocycles. The van der Waals surface area contributed by atoms with E-state index in [9.17, 15) is 18.0 Å². The predicted molar refractivity (Wildman–Crippen MR) is 111 cm³/mol. The second-order valence-corrected chi connectivity index (χ2v) is 7.55. The van der Waals surface area contributed by atoms with E-state index in [-0.39, 0.29) is 24.2 Å². The lowest BCUT2D eigenvalue weighted by Gasteiger charge is -2.36. The van der Waals surface area contributed by atoms with E-state index in [0.717, 1.165) is 58.1 Å². The first-order valence-electron chi connectivity index (χ1n) is 10.1. The van der Waals surface area contributed by atoms with Gasteiger partial charge in [-0.3, -0.25) is 9.69 Å². The van der Waals surface area contributed by atoms with Gasteiger partial charge in [-0.2, -0.15) is 13.2 Å². The van der Waals surface area contributed by atoms with Crippen molar-refractivity contribution in [2.24, 2.45) is 5.92 Å². The van der Waals surface area contributed by atoms with Crippen LogP contribution in [0.25, 0.3) is 0 Å². The van der Waals surface area contributed by atoms with Gasteiger partial charge in [0.25, 0.3) is 0 Å². The summed E-state index contributed by atoms with van der Waals surface area (Å²) < 4.78 is 38.7. The molecule has 0 bridgehead atoms. The van der Waals surface area contributed by atoms with Crippen molar-refractivity contribution in [2.75, 3.05) is 57.3 Å². The van der Waals surface area contributed by atoms with Crippen LogP contribution in [0.2, 0.25) is 0 Å². The second-order valence-electron chi connectivity index (χ2n) is 7.55. The fraction of sp³-hybridized carbons (Fsp3) is 0.650. The zero-order valence-corrected chi connectivity index (χ0v) is 17.3. The number of halogens is 4. The highest BCUT2D eigenvalue weighted by molar-refractivity contribution is 5.85. The summed E-state index contributed by atoms with van der Waals surface area (Å²) >= 11 is 0. The first-order valence-corrected chi connectivity index (χ1v) is 10.1. The van der Waals surface area contributed by atoms with Crippen molar-refractivity contribution < 1.29 is 18.0 Å². The van der Waals surface area contributed by atoms with Crippen molar-refractivity contribution in [3.63, 3.8) is 0 Å². The molecule has 0 aromatic heterocycles. The van der Waals surface area contributed by atoms with E-state index in [1.165, 1.54) is 12.1 Å². The highest BCUT2D eigenvalue weighted by Crippen LogP contribution is 2.31. The molecule has 2 saturated heterocycles. The molecule has 2 aliphatic heterocycles. The van der Waals surface area contributed by atoms with E-state index < -0.39 is 11.7 Å². The van der Waals surface area contributed by atoms with Gasteiger partial charge in [0.1, 0.15) is 0 Å². The molecular weight excluding hydrogens is 405 g/mol. The van der Waals surface area contributed by atoms with Gasteiger partial charge >= 0.3 is 6.18 Å². The van der Waals surface area contributed by atoms with Gasteiger partial charge < -0.3 is 15.5 Å². The molecule has 2 heterocycles. The number of benzene rings is 1. The van der Waals surface area contributed by atoms with Crippen LogP contribution in [0.3, 0.4) is 0 Å². The number of anilines is 1. The molecule has 0 saturated carbocycles. The van der Waals surface area contributed by atoms with Gasteiger partial charge in [0.15, 0.2) is 0 Å². The first-order chi connectivity index (χ1) is 13.4. The third-order valence-electron chi connectivity index (χ3n) is 5.57. The van der Waals surface area contributed by atoms with Gasteiger partial charge in [-0.15, -0.1) is 12.4 Å². The lowest BCUT2D eigenvalue weighted by molar-refractivity contribution is -0.137. The highest BCUT2D eigenvalue weighted by atomic mass is 35.5. The number of hydrogen-bond donors (Lipinski definition) is 2. The lowest BCUT2D eigenvalue weighted by atomic mass is 9.97. The van der Waals surface area contributed by atoms with Crippen molar-refractivity contribution in [2.45, 2.75) is 25.4 Å². The molecule has 5 nitrogen and oxygen atoms in total. The lowest BCUT2D eigenvalue weighted by Crippen LogP contribution is -2.47. The van der Waals surface area contributed by atoms with E-state index in [0.29, 0.717) is 25.3 Å². The second kappa shape index (κ2) is 11.0. The normalized spacial score (nSPS) is 18.9. The number of nitrogens with zero attached hydrogens (tertiary/aromatic N) is 2. The van der Waals surface area contributed by atoms with Crippen molar-refractivity contribution in [1.82, 2.24) is 15.5 Å². The maximum absolute atomic E-state index is 12.9. The van der Waals surface area contributed by atoms with Crippen LogP contribution in [0, 0.1) is 5.92 Å². The predicted octanol–water partition coefficient (Wildman–Crippen LogP) is 2.76. The Labute approximate surface area is 176 Å². The van der Waals surface area contributed by atoms with Gasteiger partial charge in [0.2, 0.25) is 5.91 Å². The maximum atomic E-state index is 12.9. The Morgan fingerprint density at radius 3 is 2.48 bits per heavy atom. The first kappa shape index (κ1) is 23.8. The van der Waals surface area contributed by atoms with Crippen LogP contribution in [0.5, 0.6) is 0 Å². The number of rotatable bonds is 6. The summed E-state index contributed by atoms with van der Waals surface area (Å²) in [7, 11) is 0. The molecule has 29 heavy (non-hydrogen) atoms. The van der Waals surface area contributed by atoms with Gasteiger partial charge in [0, 0.05) is 44.3 Å². The van der Waals surface area contributed by atoms with E-state index in [4.69, 9.17) is 0 Å². The van der Waals surface area contributed by atoms with Gasteiger partial charge in [0.05, 0.1) is 5.56 Å². The molecule has 2 fully saturated rings. The number of alkyl halides is 3. The smallest absolute Gasteiger partial charge is 0.369 e. The van der Waals surface area contributed by atoms with E-state index in [1.807, 2.05) is 4.90 Å². The Morgan fingerprint density at radius 2 is 1.83 bits per heavy atom. The minimum absolute atomic E-state index is 0. The van der Waals surface area contributed by atoms with Crippen molar-refractivity contribution >= 4 is 24.0 Å². The molecule has 0 unspecified atom stereocenters. The standard InChI is InChI=1S/C20H29F3N4O.ClH/c21-20(22,23)17-3-1-4-18(15-17)27-13-11-26(12-14-27)10-2-7-25-19(28)16-5-8-24-9-6-16;/h1,3-4,15-16,24H,2,5-14H2,(H,25,28);1H. The summed E-state index contributed by atoms with van der Waals surface area (Å²) in [6, 6.07) is 5.54. The molecule has 1 amide bonds. The number of amides is 1. The van der Waals surface area contributed by atoms with Crippen molar-refractivity contribution in [3.05, 3.63) is 29.8 Å². The number of carbonyl (C=O) groups is 1. The molecule has 1 aromatic rings. The van der Waals surface area contributed by atoms with Gasteiger partial charge in [-0.25, -0.2) is 0 Å². The van der Waals surface area contributed by atoms with Gasteiger partial charge in [-0.05, 0) is 57.1 Å². The summed E-state index contributed by atoms with van der Waals surface area (Å²) in [5, 5.41) is 6.30. The van der Waals surface area contributed by atoms with Crippen LogP contribution >= 0.6 is 12.4 Å². The minimum Gasteiger partial charge on any atom is -0.369 e. The zero-order chi connectivity index (χ0) is 20.0. The highest BCUT2D eigenvalue weighted by Gasteiger charge is 2.31. The Hall–Kier alpha value is -1.51. The molecule has 3 rings (SSSR count). The summed E-state index contributed by atoms with van der Waals surface area (Å²) in [6.07, 6.45) is -1.61. The van der Waals surface area contributed by atoms with Crippen molar-refractivity contribution in [1.29, 1.82) is 0 Å². The molecule has 1 aromatic carbocycles. The topological polar surface area (TPSA) is 47.6 Å². The number of nitrogens with one attached hydrogen (secondary N) is 2. The van der Waals surface area contributed by atoms with Crippen LogP contribution in [-0.4, -0.2) is 63.2 Å². The number of piperazine rings is 1. The Bertz CT molecular complexity index is 645. The molecule has 2 aliphatic rings. The number of hydrogen-bond acceptors (Lipinski definition) is 4. The van der Waals surface area contributed by atoms with E-state index in [1.54, 1.807) is 6.07 Å². The maximum Gasteiger partial charge on any atom is 0.416 e. The van der Waals surface area contributed by atoms with E-state index >= 15 is 0 Å². The SMILES string of the molecule is Cl.O=C(NCCCN1CCN(c2cccc(C(F)(F)F)c2)CC1)C1CCNCC1. The fourth-order valence-corrected chi connectivity index (χ4v) is 3.85. The fourth-order valence-electron chi connectivity index (χ4n) is 3.85. The molecule has 0 radical (unpaired) electrons. The van der Waals surface area contributed by atoms with Crippen LogP contribution in [-0.2, 0) is 11.0 Å². The summed E-state index contributed by atoms with van der Waals surface area (Å²) in [5.41, 5.74) is 0.0284. The quantitative estimate of drug-likeness (QED) is 0.676. The van der Waals surface area contributed by atoms with Crippen LogP contribution in [0.4, 0.5) is 18.9 Å². The molecule has 0 spiro atoms. The Balaban J connectivity index is 0.00000300. The third kappa shape index (κ3) is 7.04. The van der Waals surface area contributed by atoms with Crippen LogP contribution < -0.4 is 15.5 Å². The number of piperidine rings is 1. The summed E-state index contributed by atoms with van der Waals surface area (Å²) in [4.78, 5) is 16.4. The summed E-state index contributed by atoms with van der Waals surface area (Å²) in [6.45, 7) is 6.45. The van der Waals surface area contributed by atoms with Crippen LogP contribution in [0.15, 0.2) is 24.3 Å². The Morgan fingerprint density at radius 1 is 1.14 bits per heavy atom. The minimum atomic E-state index is -4.31. The molecule has 9 heteroatoms. The molecular formula is C20H30ClF3N4O.